The van der Waals surface area contributed by atoms with Crippen molar-refractivity contribution in [3.05, 3.63) is 29.5 Å². The monoisotopic (exact) mass is 247 g/mol. The standard InChI is InChI=1S/C13H17N3O2/c1-8-4-10(17-2)6-12(18-3)13(8)11-5-9(7-14)15-16-11/h4-6H,7,14H2,1-3H3,(H,15,16). The number of methoxy groups -OCH3 is 2. The molecule has 0 aliphatic carbocycles. The maximum Gasteiger partial charge on any atom is 0.132 e. The fraction of sp³-hybridized carbons (Fsp3) is 0.308. The first-order valence-electron chi connectivity index (χ1n) is 5.67. The third-order valence-electron chi connectivity index (χ3n) is 2.84. The van der Waals surface area contributed by atoms with Crippen LogP contribution in [0.5, 0.6) is 11.5 Å². The summed E-state index contributed by atoms with van der Waals surface area (Å²) in [5, 5.41) is 7.16. The molecule has 5 nitrogen and oxygen atoms in total. The lowest BCUT2D eigenvalue weighted by atomic mass is 10.0. The number of benzene rings is 1. The second kappa shape index (κ2) is 5.10. The Labute approximate surface area is 106 Å². The predicted octanol–water partition coefficient (Wildman–Crippen LogP) is 1.86. The van der Waals surface area contributed by atoms with E-state index in [-0.39, 0.29) is 0 Å². The van der Waals surface area contributed by atoms with Crippen molar-refractivity contribution in [1.82, 2.24) is 10.2 Å². The van der Waals surface area contributed by atoms with Gasteiger partial charge in [-0.25, -0.2) is 0 Å². The van der Waals surface area contributed by atoms with Crippen LogP contribution >= 0.6 is 0 Å². The van der Waals surface area contributed by atoms with E-state index in [2.05, 4.69) is 10.2 Å². The van der Waals surface area contributed by atoms with Crippen molar-refractivity contribution in [2.75, 3.05) is 14.2 Å². The van der Waals surface area contributed by atoms with E-state index in [1.54, 1.807) is 14.2 Å². The molecule has 0 bridgehead atoms. The van der Waals surface area contributed by atoms with Crippen LogP contribution in [-0.2, 0) is 6.54 Å². The molecule has 18 heavy (non-hydrogen) atoms. The van der Waals surface area contributed by atoms with Gasteiger partial charge in [0.15, 0.2) is 0 Å². The van der Waals surface area contributed by atoms with E-state index in [1.165, 1.54) is 0 Å². The largest absolute Gasteiger partial charge is 0.497 e. The maximum absolute atomic E-state index is 5.57. The fourth-order valence-corrected chi connectivity index (χ4v) is 1.92. The molecule has 0 spiro atoms. The fourth-order valence-electron chi connectivity index (χ4n) is 1.92. The number of nitrogens with two attached hydrogens (primary N) is 1. The third-order valence-corrected chi connectivity index (χ3v) is 2.84. The number of hydrogen-bond donors (Lipinski definition) is 2. The van der Waals surface area contributed by atoms with Crippen LogP contribution in [0, 0.1) is 6.92 Å². The Morgan fingerprint density at radius 2 is 2.00 bits per heavy atom. The Morgan fingerprint density at radius 3 is 2.56 bits per heavy atom. The van der Waals surface area contributed by atoms with Crippen LogP contribution in [0.25, 0.3) is 11.3 Å². The predicted molar refractivity (Wildman–Crippen MR) is 69.8 cm³/mol. The van der Waals surface area contributed by atoms with Crippen molar-refractivity contribution in [2.24, 2.45) is 5.73 Å². The molecule has 1 aromatic heterocycles. The quantitative estimate of drug-likeness (QED) is 0.865. The Morgan fingerprint density at radius 1 is 1.22 bits per heavy atom. The lowest BCUT2D eigenvalue weighted by molar-refractivity contribution is 0.395. The van der Waals surface area contributed by atoms with Crippen molar-refractivity contribution < 1.29 is 9.47 Å². The molecule has 0 fully saturated rings. The first-order valence-corrected chi connectivity index (χ1v) is 5.67. The average molecular weight is 247 g/mol. The van der Waals surface area contributed by atoms with E-state index in [4.69, 9.17) is 15.2 Å². The van der Waals surface area contributed by atoms with E-state index in [0.29, 0.717) is 6.54 Å². The molecule has 2 rings (SSSR count). The average Bonchev–Trinajstić information content (AvgIpc) is 2.85. The molecule has 0 saturated carbocycles. The van der Waals surface area contributed by atoms with Crippen LogP contribution in [0.15, 0.2) is 18.2 Å². The van der Waals surface area contributed by atoms with E-state index >= 15 is 0 Å². The van der Waals surface area contributed by atoms with Gasteiger partial charge in [0.25, 0.3) is 0 Å². The molecule has 0 atom stereocenters. The Kier molecular flexibility index (Phi) is 3.53. The summed E-state index contributed by atoms with van der Waals surface area (Å²) >= 11 is 0. The summed E-state index contributed by atoms with van der Waals surface area (Å²) in [6.45, 7) is 2.43. The van der Waals surface area contributed by atoms with Crippen LogP contribution in [0.2, 0.25) is 0 Å². The summed E-state index contributed by atoms with van der Waals surface area (Å²) in [5.74, 6) is 1.50. The summed E-state index contributed by atoms with van der Waals surface area (Å²) in [5.41, 5.74) is 9.29. The zero-order chi connectivity index (χ0) is 13.1. The van der Waals surface area contributed by atoms with Gasteiger partial charge in [-0.15, -0.1) is 0 Å². The highest BCUT2D eigenvalue weighted by Crippen LogP contribution is 2.35. The maximum atomic E-state index is 5.57. The van der Waals surface area contributed by atoms with Gasteiger partial charge in [0, 0.05) is 23.9 Å². The van der Waals surface area contributed by atoms with Crippen molar-refractivity contribution >= 4 is 0 Å². The van der Waals surface area contributed by atoms with Gasteiger partial charge in [-0.3, -0.25) is 5.10 Å². The van der Waals surface area contributed by atoms with Gasteiger partial charge in [0.05, 0.1) is 19.9 Å². The number of nitrogens with zero attached hydrogens (tertiary/aromatic N) is 1. The molecule has 0 aliphatic heterocycles. The second-order valence-electron chi connectivity index (χ2n) is 4.00. The summed E-state index contributed by atoms with van der Waals surface area (Å²) in [6, 6.07) is 5.73. The number of rotatable bonds is 4. The highest BCUT2D eigenvalue weighted by Gasteiger charge is 2.14. The van der Waals surface area contributed by atoms with Crippen molar-refractivity contribution in [3.8, 4) is 22.8 Å². The number of aromatic amines is 1. The summed E-state index contributed by atoms with van der Waals surface area (Å²) in [4.78, 5) is 0. The molecule has 2 aromatic rings. The minimum absolute atomic E-state index is 0.435. The van der Waals surface area contributed by atoms with E-state index in [9.17, 15) is 0 Å². The Bertz CT molecular complexity index is 549. The first-order chi connectivity index (χ1) is 8.69. The minimum atomic E-state index is 0.435. The van der Waals surface area contributed by atoms with Gasteiger partial charge in [0.1, 0.15) is 11.5 Å². The zero-order valence-corrected chi connectivity index (χ0v) is 10.8. The van der Waals surface area contributed by atoms with Crippen molar-refractivity contribution in [2.45, 2.75) is 13.5 Å². The van der Waals surface area contributed by atoms with Gasteiger partial charge in [-0.1, -0.05) is 0 Å². The normalized spacial score (nSPS) is 10.4. The summed E-state index contributed by atoms with van der Waals surface area (Å²) < 4.78 is 10.6. The number of aryl methyl sites for hydroxylation is 1. The van der Waals surface area contributed by atoms with Crippen LogP contribution in [0.3, 0.4) is 0 Å². The molecular weight excluding hydrogens is 230 g/mol. The van der Waals surface area contributed by atoms with Gasteiger partial charge < -0.3 is 15.2 Å². The molecule has 0 saturated heterocycles. The molecule has 1 aromatic carbocycles. The second-order valence-corrected chi connectivity index (χ2v) is 4.00. The highest BCUT2D eigenvalue weighted by atomic mass is 16.5. The van der Waals surface area contributed by atoms with Crippen molar-refractivity contribution in [1.29, 1.82) is 0 Å². The van der Waals surface area contributed by atoms with E-state index in [0.717, 1.165) is 34.0 Å². The minimum Gasteiger partial charge on any atom is -0.497 e. The smallest absolute Gasteiger partial charge is 0.132 e. The summed E-state index contributed by atoms with van der Waals surface area (Å²) in [6.07, 6.45) is 0. The Hall–Kier alpha value is -2.01. The lowest BCUT2D eigenvalue weighted by Crippen LogP contribution is -1.95. The topological polar surface area (TPSA) is 73.2 Å². The number of aromatic nitrogens is 2. The number of ether oxygens (including phenoxy) is 2. The van der Waals surface area contributed by atoms with Gasteiger partial charge in [0.2, 0.25) is 0 Å². The van der Waals surface area contributed by atoms with Crippen LogP contribution in [0.4, 0.5) is 0 Å². The highest BCUT2D eigenvalue weighted by molar-refractivity contribution is 5.72. The molecule has 96 valence electrons. The van der Waals surface area contributed by atoms with Crippen LogP contribution in [0.1, 0.15) is 11.3 Å². The molecule has 5 heteroatoms. The van der Waals surface area contributed by atoms with E-state index < -0.39 is 0 Å². The molecule has 3 N–H and O–H groups in total. The number of H-pyrrole nitrogens is 1. The first kappa shape index (κ1) is 12.4. The molecule has 0 amide bonds. The number of nitrogens with one attached hydrogen (secondary N) is 1. The lowest BCUT2D eigenvalue weighted by Gasteiger charge is -2.11. The summed E-state index contributed by atoms with van der Waals surface area (Å²) in [7, 11) is 3.27. The molecule has 0 radical (unpaired) electrons. The molecule has 0 aliphatic rings. The molecule has 1 heterocycles. The van der Waals surface area contributed by atoms with Gasteiger partial charge >= 0.3 is 0 Å². The van der Waals surface area contributed by atoms with Gasteiger partial charge in [-0.05, 0) is 24.6 Å². The Balaban J connectivity index is 2.55. The third kappa shape index (κ3) is 2.17. The van der Waals surface area contributed by atoms with Crippen LogP contribution in [-0.4, -0.2) is 24.4 Å². The zero-order valence-electron chi connectivity index (χ0n) is 10.8. The SMILES string of the molecule is COc1cc(C)c(-c2cc(CN)[nH]n2)c(OC)c1. The van der Waals surface area contributed by atoms with Crippen molar-refractivity contribution in [3.63, 3.8) is 0 Å². The van der Waals surface area contributed by atoms with Crippen LogP contribution < -0.4 is 15.2 Å². The number of hydrogen-bond acceptors (Lipinski definition) is 4. The molecule has 0 unspecified atom stereocenters. The molecular formula is C13H17N3O2. The van der Waals surface area contributed by atoms with Gasteiger partial charge in [-0.2, -0.15) is 5.10 Å². The van der Waals surface area contributed by atoms with E-state index in [1.807, 2.05) is 25.1 Å².